The number of nitrogens with one attached hydrogen (secondary N) is 1. The number of hydrogen-bond donors (Lipinski definition) is 1. The second-order valence-electron chi connectivity index (χ2n) is 5.38. The van der Waals surface area contributed by atoms with Crippen molar-refractivity contribution < 1.29 is 4.74 Å². The molecule has 1 aromatic carbocycles. The third kappa shape index (κ3) is 2.72. The summed E-state index contributed by atoms with van der Waals surface area (Å²) in [6.45, 7) is 2.25. The maximum Gasteiger partial charge on any atom is 0.123 e. The van der Waals surface area contributed by atoms with E-state index in [1.54, 1.807) is 0 Å². The number of ether oxygens (including phenoxy) is 1. The highest BCUT2D eigenvalue weighted by Gasteiger charge is 2.23. The minimum Gasteiger partial charge on any atom is -0.490 e. The van der Waals surface area contributed by atoms with Gasteiger partial charge in [0.05, 0.1) is 6.10 Å². The zero-order valence-corrected chi connectivity index (χ0v) is 12.2. The molecule has 0 atom stereocenters. The first-order chi connectivity index (χ1) is 8.83. The molecule has 0 spiro atoms. The van der Waals surface area contributed by atoms with Crippen LogP contribution < -0.4 is 10.1 Å². The first-order valence-electron chi connectivity index (χ1n) is 7.00. The molecule has 3 heteroatoms. The van der Waals surface area contributed by atoms with Crippen LogP contribution in [-0.4, -0.2) is 19.2 Å². The Morgan fingerprint density at radius 1 is 1.11 bits per heavy atom. The van der Waals surface area contributed by atoms with Gasteiger partial charge in [-0.15, -0.1) is 0 Å². The van der Waals surface area contributed by atoms with Gasteiger partial charge >= 0.3 is 0 Å². The van der Waals surface area contributed by atoms with E-state index < -0.39 is 0 Å². The molecule has 0 bridgehead atoms. The predicted molar refractivity (Wildman–Crippen MR) is 77.3 cm³/mol. The molecule has 1 N–H and O–H groups in total. The normalized spacial score (nSPS) is 21.6. The minimum atomic E-state index is 0.464. The lowest BCUT2D eigenvalue weighted by atomic mass is 9.89. The van der Waals surface area contributed by atoms with Crippen LogP contribution in [0.3, 0.4) is 0 Å². The third-order valence-electron chi connectivity index (χ3n) is 4.10. The SMILES string of the molecule is Brc1ccc(OC2CCC2)c(C2CCNCC2)c1. The fraction of sp³-hybridized carbons (Fsp3) is 0.600. The average molecular weight is 310 g/mol. The molecule has 1 saturated carbocycles. The lowest BCUT2D eigenvalue weighted by Gasteiger charge is -2.30. The topological polar surface area (TPSA) is 21.3 Å². The Bertz CT molecular complexity index is 411. The Balaban J connectivity index is 1.81. The highest BCUT2D eigenvalue weighted by atomic mass is 79.9. The van der Waals surface area contributed by atoms with Crippen molar-refractivity contribution in [2.24, 2.45) is 0 Å². The maximum atomic E-state index is 6.15. The van der Waals surface area contributed by atoms with E-state index in [-0.39, 0.29) is 0 Å². The van der Waals surface area contributed by atoms with Gasteiger partial charge in [-0.3, -0.25) is 0 Å². The average Bonchev–Trinajstić information content (AvgIpc) is 2.36. The molecule has 2 aliphatic rings. The number of rotatable bonds is 3. The third-order valence-corrected chi connectivity index (χ3v) is 4.59. The fourth-order valence-electron chi connectivity index (χ4n) is 2.75. The highest BCUT2D eigenvalue weighted by molar-refractivity contribution is 9.10. The van der Waals surface area contributed by atoms with Crippen LogP contribution in [0.4, 0.5) is 0 Å². The lowest BCUT2D eigenvalue weighted by Crippen LogP contribution is -2.28. The summed E-state index contributed by atoms with van der Waals surface area (Å²) in [5.41, 5.74) is 1.40. The van der Waals surface area contributed by atoms with E-state index in [1.807, 2.05) is 0 Å². The molecule has 2 fully saturated rings. The molecule has 0 amide bonds. The van der Waals surface area contributed by atoms with Crippen LogP contribution in [0.2, 0.25) is 0 Å². The number of piperidine rings is 1. The summed E-state index contributed by atoms with van der Waals surface area (Å²) in [5, 5.41) is 3.43. The Morgan fingerprint density at radius 2 is 1.89 bits per heavy atom. The molecule has 98 valence electrons. The van der Waals surface area contributed by atoms with Gasteiger partial charge in [-0.1, -0.05) is 15.9 Å². The van der Waals surface area contributed by atoms with Crippen molar-refractivity contribution in [2.75, 3.05) is 13.1 Å². The van der Waals surface area contributed by atoms with Gasteiger partial charge in [0.2, 0.25) is 0 Å². The van der Waals surface area contributed by atoms with Crippen LogP contribution in [0.25, 0.3) is 0 Å². The van der Waals surface area contributed by atoms with Crippen molar-refractivity contribution >= 4 is 15.9 Å². The van der Waals surface area contributed by atoms with Crippen molar-refractivity contribution in [3.8, 4) is 5.75 Å². The minimum absolute atomic E-state index is 0.464. The van der Waals surface area contributed by atoms with E-state index in [1.165, 1.54) is 37.7 Å². The van der Waals surface area contributed by atoms with E-state index in [9.17, 15) is 0 Å². The number of halogens is 1. The lowest BCUT2D eigenvalue weighted by molar-refractivity contribution is 0.118. The van der Waals surface area contributed by atoms with Crippen LogP contribution in [0.5, 0.6) is 5.75 Å². The second-order valence-corrected chi connectivity index (χ2v) is 6.29. The van der Waals surface area contributed by atoms with Gasteiger partial charge in [0, 0.05) is 4.47 Å². The van der Waals surface area contributed by atoms with E-state index in [0.29, 0.717) is 12.0 Å². The van der Waals surface area contributed by atoms with Crippen molar-refractivity contribution in [3.63, 3.8) is 0 Å². The summed E-state index contributed by atoms with van der Waals surface area (Å²) in [6.07, 6.45) is 6.68. The first kappa shape index (κ1) is 12.5. The van der Waals surface area contributed by atoms with Gasteiger partial charge in [-0.25, -0.2) is 0 Å². The molecule has 0 unspecified atom stereocenters. The Labute approximate surface area is 117 Å². The smallest absolute Gasteiger partial charge is 0.123 e. The standard InChI is InChI=1S/C15H20BrNO/c16-12-4-5-15(18-13-2-1-3-13)14(10-12)11-6-8-17-9-7-11/h4-5,10-11,13,17H,1-3,6-9H2. The highest BCUT2D eigenvalue weighted by Crippen LogP contribution is 2.37. The van der Waals surface area contributed by atoms with Gasteiger partial charge in [0.15, 0.2) is 0 Å². The molecule has 1 heterocycles. The van der Waals surface area contributed by atoms with Crippen LogP contribution in [0, 0.1) is 0 Å². The van der Waals surface area contributed by atoms with Crippen LogP contribution >= 0.6 is 15.9 Å². The quantitative estimate of drug-likeness (QED) is 0.915. The molecular formula is C15H20BrNO. The van der Waals surface area contributed by atoms with E-state index in [0.717, 1.165) is 23.3 Å². The summed E-state index contributed by atoms with van der Waals surface area (Å²) in [5.74, 6) is 1.77. The van der Waals surface area contributed by atoms with E-state index in [2.05, 4.69) is 39.4 Å². The first-order valence-corrected chi connectivity index (χ1v) is 7.79. The Hall–Kier alpha value is -0.540. The summed E-state index contributed by atoms with van der Waals surface area (Å²) < 4.78 is 7.31. The molecule has 2 nitrogen and oxygen atoms in total. The molecule has 0 radical (unpaired) electrons. The van der Waals surface area contributed by atoms with E-state index in [4.69, 9.17) is 4.74 Å². The van der Waals surface area contributed by atoms with Gasteiger partial charge in [0.25, 0.3) is 0 Å². The molecule has 18 heavy (non-hydrogen) atoms. The zero-order chi connectivity index (χ0) is 12.4. The van der Waals surface area contributed by atoms with Gasteiger partial charge < -0.3 is 10.1 Å². The molecule has 1 saturated heterocycles. The van der Waals surface area contributed by atoms with Crippen molar-refractivity contribution in [3.05, 3.63) is 28.2 Å². The van der Waals surface area contributed by atoms with Crippen molar-refractivity contribution in [2.45, 2.75) is 44.1 Å². The molecule has 1 aliphatic carbocycles. The predicted octanol–water partition coefficient (Wildman–Crippen LogP) is 3.85. The molecule has 0 aromatic heterocycles. The number of benzene rings is 1. The number of hydrogen-bond acceptors (Lipinski definition) is 2. The van der Waals surface area contributed by atoms with Gasteiger partial charge in [-0.05, 0) is 74.9 Å². The summed E-state index contributed by atoms with van der Waals surface area (Å²) in [4.78, 5) is 0. The largest absolute Gasteiger partial charge is 0.490 e. The summed E-state index contributed by atoms with van der Waals surface area (Å²) in [6, 6.07) is 6.49. The summed E-state index contributed by atoms with van der Waals surface area (Å²) in [7, 11) is 0. The van der Waals surface area contributed by atoms with Gasteiger partial charge in [0.1, 0.15) is 5.75 Å². The maximum absolute atomic E-state index is 6.15. The Morgan fingerprint density at radius 3 is 2.56 bits per heavy atom. The zero-order valence-electron chi connectivity index (χ0n) is 10.6. The second kappa shape index (κ2) is 5.62. The molecule has 1 aromatic rings. The summed E-state index contributed by atoms with van der Waals surface area (Å²) >= 11 is 3.59. The monoisotopic (exact) mass is 309 g/mol. The van der Waals surface area contributed by atoms with E-state index >= 15 is 0 Å². The van der Waals surface area contributed by atoms with Crippen LogP contribution in [-0.2, 0) is 0 Å². The van der Waals surface area contributed by atoms with Crippen molar-refractivity contribution in [1.29, 1.82) is 0 Å². The van der Waals surface area contributed by atoms with Gasteiger partial charge in [-0.2, -0.15) is 0 Å². The molecular weight excluding hydrogens is 290 g/mol. The van der Waals surface area contributed by atoms with Crippen LogP contribution in [0.15, 0.2) is 22.7 Å². The fourth-order valence-corrected chi connectivity index (χ4v) is 3.13. The molecule has 3 rings (SSSR count). The Kier molecular flexibility index (Phi) is 3.90. The van der Waals surface area contributed by atoms with Crippen LogP contribution in [0.1, 0.15) is 43.6 Å². The van der Waals surface area contributed by atoms with Crippen molar-refractivity contribution in [1.82, 2.24) is 5.32 Å². The molecule has 1 aliphatic heterocycles.